The summed E-state index contributed by atoms with van der Waals surface area (Å²) >= 11 is 6.07. The van der Waals surface area contributed by atoms with Gasteiger partial charge in [0.05, 0.1) is 0 Å². The summed E-state index contributed by atoms with van der Waals surface area (Å²) in [6.07, 6.45) is 0.500. The lowest BCUT2D eigenvalue weighted by atomic mass is 10.1. The van der Waals surface area contributed by atoms with Gasteiger partial charge in [0.25, 0.3) is 5.91 Å². The van der Waals surface area contributed by atoms with Crippen LogP contribution in [0.3, 0.4) is 0 Å². The minimum atomic E-state index is -0.594. The van der Waals surface area contributed by atoms with Crippen LogP contribution < -0.4 is 10.1 Å². The van der Waals surface area contributed by atoms with Crippen molar-refractivity contribution in [3.05, 3.63) is 64.2 Å². The second-order valence-electron chi connectivity index (χ2n) is 8.87. The highest BCUT2D eigenvalue weighted by Crippen LogP contribution is 2.21. The molecular weight excluding hydrogens is 412 g/mol. The molecule has 31 heavy (non-hydrogen) atoms. The highest BCUT2D eigenvalue weighted by Gasteiger charge is 2.30. The molecule has 0 saturated carbocycles. The fourth-order valence-corrected chi connectivity index (χ4v) is 3.32. The molecule has 1 atom stereocenters. The van der Waals surface area contributed by atoms with Crippen LogP contribution >= 0.6 is 11.6 Å². The van der Waals surface area contributed by atoms with Crippen molar-refractivity contribution in [1.29, 1.82) is 0 Å². The molecule has 0 fully saturated rings. The van der Waals surface area contributed by atoms with Crippen LogP contribution in [-0.4, -0.2) is 34.9 Å². The molecule has 0 aliphatic carbocycles. The Morgan fingerprint density at radius 1 is 1.10 bits per heavy atom. The van der Waals surface area contributed by atoms with Crippen LogP contribution in [0.1, 0.15) is 50.8 Å². The number of nitrogens with one attached hydrogen (secondary N) is 1. The molecular formula is C25H33ClN2O3. The normalized spacial score (nSPS) is 12.2. The smallest absolute Gasteiger partial charge is 0.261 e. The lowest BCUT2D eigenvalue weighted by Crippen LogP contribution is -2.54. The van der Waals surface area contributed by atoms with Gasteiger partial charge in [0.2, 0.25) is 5.91 Å². The number of carbonyl (C=O) groups is 2. The lowest BCUT2D eigenvalue weighted by molar-refractivity contribution is -0.143. The van der Waals surface area contributed by atoms with Crippen LogP contribution in [0.2, 0.25) is 5.02 Å². The zero-order valence-electron chi connectivity index (χ0n) is 19.3. The molecule has 0 saturated heterocycles. The molecule has 0 aliphatic heterocycles. The summed E-state index contributed by atoms with van der Waals surface area (Å²) < 4.78 is 5.74. The van der Waals surface area contributed by atoms with Crippen molar-refractivity contribution in [2.75, 3.05) is 6.61 Å². The second-order valence-corrected chi connectivity index (χ2v) is 9.28. The van der Waals surface area contributed by atoms with E-state index in [9.17, 15) is 9.59 Å². The van der Waals surface area contributed by atoms with Crippen LogP contribution in [0.25, 0.3) is 0 Å². The predicted octanol–water partition coefficient (Wildman–Crippen LogP) is 5.06. The van der Waals surface area contributed by atoms with E-state index in [0.29, 0.717) is 23.7 Å². The molecule has 0 spiro atoms. The van der Waals surface area contributed by atoms with E-state index >= 15 is 0 Å². The van der Waals surface area contributed by atoms with E-state index < -0.39 is 6.04 Å². The molecule has 1 N–H and O–H groups in total. The van der Waals surface area contributed by atoms with Crippen LogP contribution in [0, 0.1) is 13.8 Å². The van der Waals surface area contributed by atoms with Gasteiger partial charge in [-0.2, -0.15) is 0 Å². The summed E-state index contributed by atoms with van der Waals surface area (Å²) in [5, 5.41) is 3.64. The van der Waals surface area contributed by atoms with Crippen LogP contribution in [0.5, 0.6) is 5.75 Å². The summed E-state index contributed by atoms with van der Waals surface area (Å²) in [5.74, 6) is 0.152. The fraction of sp³-hybridized carbons (Fsp3) is 0.440. The number of halogens is 1. The van der Waals surface area contributed by atoms with Gasteiger partial charge >= 0.3 is 0 Å². The Morgan fingerprint density at radius 3 is 2.29 bits per heavy atom. The Labute approximate surface area is 190 Å². The Morgan fingerprint density at radius 2 is 1.74 bits per heavy atom. The molecule has 0 aromatic heterocycles. The summed E-state index contributed by atoms with van der Waals surface area (Å²) in [5.41, 5.74) is 2.59. The van der Waals surface area contributed by atoms with Gasteiger partial charge in [-0.25, -0.2) is 0 Å². The molecule has 2 aromatic carbocycles. The molecule has 2 aromatic rings. The van der Waals surface area contributed by atoms with Gasteiger partial charge in [0.1, 0.15) is 11.8 Å². The maximum Gasteiger partial charge on any atom is 0.261 e. The summed E-state index contributed by atoms with van der Waals surface area (Å²) in [6.45, 7) is 11.8. The van der Waals surface area contributed by atoms with E-state index in [1.54, 1.807) is 23.1 Å². The monoisotopic (exact) mass is 444 g/mol. The third-order valence-electron chi connectivity index (χ3n) is 4.85. The van der Waals surface area contributed by atoms with Crippen molar-refractivity contribution in [3.8, 4) is 5.75 Å². The molecule has 2 amide bonds. The minimum Gasteiger partial charge on any atom is -0.484 e. The van der Waals surface area contributed by atoms with Crippen molar-refractivity contribution in [1.82, 2.24) is 10.2 Å². The van der Waals surface area contributed by atoms with Gasteiger partial charge in [-0.3, -0.25) is 9.59 Å². The van der Waals surface area contributed by atoms with Gasteiger partial charge < -0.3 is 15.0 Å². The van der Waals surface area contributed by atoms with E-state index in [1.807, 2.05) is 65.8 Å². The first kappa shape index (κ1) is 24.7. The SMILES string of the molecule is CC[C@H](C(=O)NC(C)(C)C)N(Cc1ccc(C)cc1)C(=O)COc1ccc(Cl)c(C)c1. The highest BCUT2D eigenvalue weighted by molar-refractivity contribution is 6.31. The molecule has 0 aliphatic rings. The molecule has 168 valence electrons. The first-order chi connectivity index (χ1) is 14.5. The van der Waals surface area contributed by atoms with Crippen molar-refractivity contribution in [3.63, 3.8) is 0 Å². The van der Waals surface area contributed by atoms with E-state index in [1.165, 1.54) is 0 Å². The molecule has 0 bridgehead atoms. The predicted molar refractivity (Wildman–Crippen MR) is 125 cm³/mol. The van der Waals surface area contributed by atoms with Crippen LogP contribution in [0.15, 0.2) is 42.5 Å². The standard InChI is InChI=1S/C25H33ClN2O3/c1-7-22(24(30)27-25(4,5)6)28(15-19-10-8-17(2)9-11-19)23(29)16-31-20-12-13-21(26)18(3)14-20/h8-14,22H,7,15-16H2,1-6H3,(H,27,30)/t22-/m1/s1. The lowest BCUT2D eigenvalue weighted by Gasteiger charge is -2.33. The first-order valence-corrected chi connectivity index (χ1v) is 10.9. The van der Waals surface area contributed by atoms with E-state index in [-0.39, 0.29) is 24.0 Å². The minimum absolute atomic E-state index is 0.160. The zero-order valence-corrected chi connectivity index (χ0v) is 20.0. The average molecular weight is 445 g/mol. The Bertz CT molecular complexity index is 904. The van der Waals surface area contributed by atoms with Gasteiger partial charge in [-0.1, -0.05) is 48.4 Å². The third-order valence-corrected chi connectivity index (χ3v) is 5.27. The number of aryl methyl sites for hydroxylation is 2. The van der Waals surface area contributed by atoms with E-state index in [2.05, 4.69) is 5.32 Å². The van der Waals surface area contributed by atoms with Crippen molar-refractivity contribution >= 4 is 23.4 Å². The summed E-state index contributed by atoms with van der Waals surface area (Å²) in [6, 6.07) is 12.6. The van der Waals surface area contributed by atoms with Crippen molar-refractivity contribution < 1.29 is 14.3 Å². The summed E-state index contributed by atoms with van der Waals surface area (Å²) in [7, 11) is 0. The topological polar surface area (TPSA) is 58.6 Å². The Hall–Kier alpha value is -2.53. The zero-order chi connectivity index (χ0) is 23.2. The third kappa shape index (κ3) is 7.59. The van der Waals surface area contributed by atoms with E-state index in [0.717, 1.165) is 16.7 Å². The number of carbonyl (C=O) groups excluding carboxylic acids is 2. The van der Waals surface area contributed by atoms with Crippen molar-refractivity contribution in [2.45, 2.75) is 66.1 Å². The summed E-state index contributed by atoms with van der Waals surface area (Å²) in [4.78, 5) is 27.8. The molecule has 0 radical (unpaired) electrons. The quantitative estimate of drug-likeness (QED) is 0.619. The number of amides is 2. The maximum atomic E-state index is 13.2. The number of nitrogens with zero attached hydrogens (tertiary/aromatic N) is 1. The van der Waals surface area contributed by atoms with Gasteiger partial charge in [0.15, 0.2) is 6.61 Å². The number of rotatable bonds is 8. The van der Waals surface area contributed by atoms with Crippen LogP contribution in [-0.2, 0) is 16.1 Å². The number of benzene rings is 2. The highest BCUT2D eigenvalue weighted by atomic mass is 35.5. The molecule has 6 heteroatoms. The second kappa shape index (κ2) is 10.7. The first-order valence-electron chi connectivity index (χ1n) is 10.6. The molecule has 0 heterocycles. The number of hydrogen-bond acceptors (Lipinski definition) is 3. The van der Waals surface area contributed by atoms with Crippen LogP contribution in [0.4, 0.5) is 0 Å². The molecule has 0 unspecified atom stereocenters. The molecule has 5 nitrogen and oxygen atoms in total. The number of ether oxygens (including phenoxy) is 1. The van der Waals surface area contributed by atoms with Gasteiger partial charge in [0, 0.05) is 17.1 Å². The largest absolute Gasteiger partial charge is 0.484 e. The Kier molecular flexibility index (Phi) is 8.52. The van der Waals surface area contributed by atoms with E-state index in [4.69, 9.17) is 16.3 Å². The number of hydrogen-bond donors (Lipinski definition) is 1. The molecule has 2 rings (SSSR count). The fourth-order valence-electron chi connectivity index (χ4n) is 3.20. The average Bonchev–Trinajstić information content (AvgIpc) is 2.68. The Balaban J connectivity index is 2.23. The maximum absolute atomic E-state index is 13.2. The van der Waals surface area contributed by atoms with Gasteiger partial charge in [-0.05, 0) is 70.4 Å². The van der Waals surface area contributed by atoms with Crippen molar-refractivity contribution in [2.24, 2.45) is 0 Å². The van der Waals surface area contributed by atoms with Gasteiger partial charge in [-0.15, -0.1) is 0 Å².